The fourth-order valence-electron chi connectivity index (χ4n) is 2.58. The number of hydrogen-bond acceptors (Lipinski definition) is 4. The number of benzene rings is 2. The van der Waals surface area contributed by atoms with Gasteiger partial charge < -0.3 is 14.8 Å². The number of nitrogens with one attached hydrogen (secondary N) is 1. The molecule has 1 aliphatic heterocycles. The van der Waals surface area contributed by atoms with E-state index >= 15 is 0 Å². The Morgan fingerprint density at radius 1 is 1.08 bits per heavy atom. The average molecular weight is 325 g/mol. The van der Waals surface area contributed by atoms with E-state index in [-0.39, 0.29) is 18.6 Å². The van der Waals surface area contributed by atoms with Gasteiger partial charge in [-0.1, -0.05) is 30.3 Å². The van der Waals surface area contributed by atoms with Crippen LogP contribution in [0, 0.1) is 0 Å². The molecule has 5 heteroatoms. The summed E-state index contributed by atoms with van der Waals surface area (Å²) in [5, 5.41) is 2.76. The fraction of sp³-hybridized carbons (Fsp3) is 0.263. The summed E-state index contributed by atoms with van der Waals surface area (Å²) < 4.78 is 10.8. The maximum atomic E-state index is 12.3. The van der Waals surface area contributed by atoms with Crippen molar-refractivity contribution in [3.63, 3.8) is 0 Å². The summed E-state index contributed by atoms with van der Waals surface area (Å²) >= 11 is 0. The zero-order valence-corrected chi connectivity index (χ0v) is 13.2. The van der Waals surface area contributed by atoms with Gasteiger partial charge in [-0.3, -0.25) is 4.79 Å². The van der Waals surface area contributed by atoms with Crippen LogP contribution in [0.2, 0.25) is 0 Å². The number of esters is 1. The van der Waals surface area contributed by atoms with Gasteiger partial charge in [0, 0.05) is 12.2 Å². The average Bonchev–Trinajstić information content (AvgIpc) is 3.14. The molecule has 1 fully saturated rings. The van der Waals surface area contributed by atoms with Crippen molar-refractivity contribution in [1.82, 2.24) is 0 Å². The molecule has 0 spiro atoms. The van der Waals surface area contributed by atoms with Gasteiger partial charge in [0.05, 0.1) is 17.4 Å². The van der Waals surface area contributed by atoms with E-state index < -0.39 is 5.97 Å². The van der Waals surface area contributed by atoms with Crippen LogP contribution in [-0.2, 0) is 9.47 Å². The summed E-state index contributed by atoms with van der Waals surface area (Å²) in [6.07, 6.45) is 1.87. The molecule has 3 rings (SSSR count). The van der Waals surface area contributed by atoms with Crippen LogP contribution in [0.1, 0.15) is 33.6 Å². The Hall–Kier alpha value is -2.66. The Morgan fingerprint density at radius 2 is 1.83 bits per heavy atom. The summed E-state index contributed by atoms with van der Waals surface area (Å²) in [4.78, 5) is 24.6. The van der Waals surface area contributed by atoms with Gasteiger partial charge in [0.1, 0.15) is 6.61 Å². The topological polar surface area (TPSA) is 64.6 Å². The molecule has 0 aromatic heterocycles. The van der Waals surface area contributed by atoms with E-state index in [9.17, 15) is 9.59 Å². The van der Waals surface area contributed by atoms with Crippen molar-refractivity contribution >= 4 is 17.6 Å². The Kier molecular flexibility index (Phi) is 5.23. The first kappa shape index (κ1) is 16.2. The van der Waals surface area contributed by atoms with Crippen LogP contribution < -0.4 is 5.32 Å². The highest BCUT2D eigenvalue weighted by atomic mass is 16.6. The molecule has 1 amide bonds. The first-order valence-electron chi connectivity index (χ1n) is 7.98. The summed E-state index contributed by atoms with van der Waals surface area (Å²) in [6.45, 7) is 0.950. The van der Waals surface area contributed by atoms with Crippen LogP contribution in [0.4, 0.5) is 5.69 Å². The van der Waals surface area contributed by atoms with E-state index in [2.05, 4.69) is 5.32 Å². The Balaban J connectivity index is 1.68. The minimum Gasteiger partial charge on any atom is -0.459 e. The normalized spacial score (nSPS) is 16.6. The van der Waals surface area contributed by atoms with Crippen molar-refractivity contribution in [1.29, 1.82) is 0 Å². The first-order chi connectivity index (χ1) is 11.7. The lowest BCUT2D eigenvalue weighted by atomic mass is 10.1. The SMILES string of the molecule is O=C(Nc1ccccc1C(=O)OC[C@@H]1CCCO1)c1ccccc1. The largest absolute Gasteiger partial charge is 0.459 e. The van der Waals surface area contributed by atoms with Crippen molar-refractivity contribution in [3.05, 3.63) is 65.7 Å². The molecule has 5 nitrogen and oxygen atoms in total. The second-order valence-corrected chi connectivity index (χ2v) is 5.60. The Labute approximate surface area is 140 Å². The number of anilines is 1. The zero-order chi connectivity index (χ0) is 16.8. The van der Waals surface area contributed by atoms with E-state index in [1.807, 2.05) is 6.07 Å². The van der Waals surface area contributed by atoms with Crippen molar-refractivity contribution in [2.45, 2.75) is 18.9 Å². The van der Waals surface area contributed by atoms with Crippen molar-refractivity contribution in [2.75, 3.05) is 18.5 Å². The minimum atomic E-state index is -0.463. The lowest BCUT2D eigenvalue weighted by molar-refractivity contribution is 0.0162. The summed E-state index contributed by atoms with van der Waals surface area (Å²) in [5.74, 6) is -0.732. The van der Waals surface area contributed by atoms with E-state index in [4.69, 9.17) is 9.47 Å². The number of para-hydroxylation sites is 1. The Bertz CT molecular complexity index is 708. The molecule has 2 aromatic carbocycles. The van der Waals surface area contributed by atoms with E-state index in [0.717, 1.165) is 12.8 Å². The lowest BCUT2D eigenvalue weighted by Gasteiger charge is -2.13. The molecule has 0 saturated carbocycles. The maximum Gasteiger partial charge on any atom is 0.340 e. The molecule has 1 N–H and O–H groups in total. The van der Waals surface area contributed by atoms with Crippen molar-refractivity contribution in [3.8, 4) is 0 Å². The molecule has 124 valence electrons. The van der Waals surface area contributed by atoms with Crippen molar-refractivity contribution < 1.29 is 19.1 Å². The molecule has 0 unspecified atom stereocenters. The van der Waals surface area contributed by atoms with E-state index in [1.54, 1.807) is 48.5 Å². The molecule has 1 atom stereocenters. The van der Waals surface area contributed by atoms with Gasteiger partial charge >= 0.3 is 5.97 Å². The van der Waals surface area contributed by atoms with E-state index in [0.29, 0.717) is 23.4 Å². The lowest BCUT2D eigenvalue weighted by Crippen LogP contribution is -2.20. The summed E-state index contributed by atoms with van der Waals surface area (Å²) in [5.41, 5.74) is 1.29. The van der Waals surface area contributed by atoms with Gasteiger partial charge in [0.2, 0.25) is 0 Å². The highest BCUT2D eigenvalue weighted by molar-refractivity contribution is 6.07. The predicted octanol–water partition coefficient (Wildman–Crippen LogP) is 3.27. The molecule has 1 saturated heterocycles. The molecule has 0 bridgehead atoms. The molecule has 2 aromatic rings. The quantitative estimate of drug-likeness (QED) is 0.857. The van der Waals surface area contributed by atoms with E-state index in [1.165, 1.54) is 0 Å². The third kappa shape index (κ3) is 4.00. The summed E-state index contributed by atoms with van der Waals surface area (Å²) in [6, 6.07) is 15.7. The maximum absolute atomic E-state index is 12.3. The van der Waals surface area contributed by atoms with Crippen LogP contribution in [0.25, 0.3) is 0 Å². The highest BCUT2D eigenvalue weighted by Crippen LogP contribution is 2.19. The molecule has 1 aliphatic rings. The van der Waals surface area contributed by atoms with Gasteiger partial charge in [0.15, 0.2) is 0 Å². The monoisotopic (exact) mass is 325 g/mol. The molecule has 0 aliphatic carbocycles. The summed E-state index contributed by atoms with van der Waals surface area (Å²) in [7, 11) is 0. The predicted molar refractivity (Wildman–Crippen MR) is 90.1 cm³/mol. The number of hydrogen-bond donors (Lipinski definition) is 1. The standard InChI is InChI=1S/C19H19NO4/c21-18(14-7-2-1-3-8-14)20-17-11-5-4-10-16(17)19(22)24-13-15-9-6-12-23-15/h1-5,7-8,10-11,15H,6,9,12-13H2,(H,20,21)/t15-/m0/s1. The number of rotatable bonds is 5. The first-order valence-corrected chi connectivity index (χ1v) is 7.98. The van der Waals surface area contributed by atoms with Crippen LogP contribution in [0.15, 0.2) is 54.6 Å². The minimum absolute atomic E-state index is 0.0278. The van der Waals surface area contributed by atoms with Gasteiger partial charge in [-0.2, -0.15) is 0 Å². The van der Waals surface area contributed by atoms with Crippen LogP contribution in [0.3, 0.4) is 0 Å². The molecule has 1 heterocycles. The molecule has 0 radical (unpaired) electrons. The number of ether oxygens (including phenoxy) is 2. The van der Waals surface area contributed by atoms with Gasteiger partial charge in [-0.15, -0.1) is 0 Å². The highest BCUT2D eigenvalue weighted by Gasteiger charge is 2.20. The molecular formula is C19H19NO4. The van der Waals surface area contributed by atoms with Gasteiger partial charge in [-0.25, -0.2) is 4.79 Å². The van der Waals surface area contributed by atoms with Crippen LogP contribution in [-0.4, -0.2) is 31.2 Å². The van der Waals surface area contributed by atoms with Gasteiger partial charge in [-0.05, 0) is 37.1 Å². The number of carbonyl (C=O) groups excluding carboxylic acids is 2. The van der Waals surface area contributed by atoms with Crippen LogP contribution >= 0.6 is 0 Å². The van der Waals surface area contributed by atoms with Crippen molar-refractivity contribution in [2.24, 2.45) is 0 Å². The zero-order valence-electron chi connectivity index (χ0n) is 13.2. The Morgan fingerprint density at radius 3 is 2.58 bits per heavy atom. The third-order valence-electron chi connectivity index (χ3n) is 3.86. The smallest absolute Gasteiger partial charge is 0.340 e. The molecular weight excluding hydrogens is 306 g/mol. The van der Waals surface area contributed by atoms with Gasteiger partial charge in [0.25, 0.3) is 5.91 Å². The number of carbonyl (C=O) groups is 2. The third-order valence-corrected chi connectivity index (χ3v) is 3.86. The molecule has 24 heavy (non-hydrogen) atoms. The second-order valence-electron chi connectivity index (χ2n) is 5.60. The second kappa shape index (κ2) is 7.75. The number of amides is 1. The fourth-order valence-corrected chi connectivity index (χ4v) is 2.58. The van der Waals surface area contributed by atoms with Crippen LogP contribution in [0.5, 0.6) is 0 Å².